The Morgan fingerprint density at radius 3 is 3.00 bits per heavy atom. The fourth-order valence-electron chi connectivity index (χ4n) is 3.68. The van der Waals surface area contributed by atoms with Crippen LogP contribution in [0.15, 0.2) is 47.2 Å². The van der Waals surface area contributed by atoms with Crippen molar-refractivity contribution in [3.8, 4) is 11.6 Å². The van der Waals surface area contributed by atoms with Crippen molar-refractivity contribution in [2.75, 3.05) is 12.3 Å². The second-order valence-electron chi connectivity index (χ2n) is 7.02. The molecule has 1 aromatic carbocycles. The fourth-order valence-corrected chi connectivity index (χ4v) is 3.68. The maximum Gasteiger partial charge on any atom is 0.223 e. The van der Waals surface area contributed by atoms with Crippen LogP contribution in [0.1, 0.15) is 22.3 Å². The molecule has 0 aliphatic carbocycles. The first-order valence-corrected chi connectivity index (χ1v) is 9.02. The third-order valence-corrected chi connectivity index (χ3v) is 5.05. The minimum atomic E-state index is 0.318. The van der Waals surface area contributed by atoms with E-state index in [1.54, 1.807) is 17.0 Å². The molecule has 1 aliphatic rings. The molecule has 7 nitrogen and oxygen atoms in total. The highest BCUT2D eigenvalue weighted by Gasteiger charge is 2.20. The van der Waals surface area contributed by atoms with Gasteiger partial charge in [-0.2, -0.15) is 4.52 Å². The molecule has 3 aromatic heterocycles. The number of anilines is 1. The van der Waals surface area contributed by atoms with E-state index in [2.05, 4.69) is 45.1 Å². The first kappa shape index (κ1) is 16.0. The monoisotopic (exact) mass is 360 g/mol. The van der Waals surface area contributed by atoms with E-state index in [9.17, 15) is 0 Å². The Morgan fingerprint density at radius 2 is 2.15 bits per heavy atom. The van der Waals surface area contributed by atoms with Gasteiger partial charge in [-0.25, -0.2) is 9.97 Å². The zero-order valence-electron chi connectivity index (χ0n) is 15.1. The van der Waals surface area contributed by atoms with Gasteiger partial charge in [-0.1, -0.05) is 23.8 Å². The molecule has 0 fully saturated rings. The number of hydrogen-bond donors (Lipinski definition) is 1. The molecule has 0 bridgehead atoms. The molecule has 0 atom stereocenters. The summed E-state index contributed by atoms with van der Waals surface area (Å²) < 4.78 is 7.01. The van der Waals surface area contributed by atoms with Gasteiger partial charge in [0.1, 0.15) is 0 Å². The average Bonchev–Trinajstić information content (AvgIpc) is 3.33. The largest absolute Gasteiger partial charge is 0.461 e. The highest BCUT2D eigenvalue weighted by Crippen LogP contribution is 2.24. The Hall–Kier alpha value is -3.19. The summed E-state index contributed by atoms with van der Waals surface area (Å²) >= 11 is 0. The summed E-state index contributed by atoms with van der Waals surface area (Å²) in [6.45, 7) is 4.82. The van der Waals surface area contributed by atoms with E-state index >= 15 is 0 Å². The van der Waals surface area contributed by atoms with Crippen molar-refractivity contribution in [3.05, 3.63) is 65.0 Å². The number of rotatable bonds is 3. The molecule has 0 spiro atoms. The molecular formula is C20H20N6O. The van der Waals surface area contributed by atoms with Crippen molar-refractivity contribution >= 4 is 11.6 Å². The number of benzene rings is 1. The summed E-state index contributed by atoms with van der Waals surface area (Å²) in [5, 5.41) is 4.46. The summed E-state index contributed by atoms with van der Waals surface area (Å²) in [5.74, 6) is 1.45. The molecule has 0 saturated carbocycles. The number of nitrogen functional groups attached to an aromatic ring is 1. The predicted octanol–water partition coefficient (Wildman–Crippen LogP) is 2.83. The lowest BCUT2D eigenvalue weighted by Crippen LogP contribution is -2.30. The smallest absolute Gasteiger partial charge is 0.223 e. The number of nitrogens with zero attached hydrogens (tertiary/aromatic N) is 5. The molecule has 2 N–H and O–H groups in total. The van der Waals surface area contributed by atoms with E-state index in [0.29, 0.717) is 17.5 Å². The Kier molecular flexibility index (Phi) is 3.68. The summed E-state index contributed by atoms with van der Waals surface area (Å²) in [5.41, 5.74) is 11.9. The molecule has 27 heavy (non-hydrogen) atoms. The van der Waals surface area contributed by atoms with E-state index in [-0.39, 0.29) is 0 Å². The molecule has 1 aliphatic heterocycles. The molecule has 136 valence electrons. The van der Waals surface area contributed by atoms with Crippen LogP contribution in [0.5, 0.6) is 0 Å². The van der Waals surface area contributed by atoms with Crippen LogP contribution in [0.3, 0.4) is 0 Å². The lowest BCUT2D eigenvalue weighted by atomic mass is 9.97. The lowest BCUT2D eigenvalue weighted by Gasteiger charge is -2.29. The fraction of sp³-hybridized carbons (Fsp3) is 0.250. The molecule has 4 heterocycles. The Morgan fingerprint density at radius 1 is 1.22 bits per heavy atom. The molecule has 0 amide bonds. The number of fused-ring (bicyclic) bond motifs is 2. The van der Waals surface area contributed by atoms with E-state index < -0.39 is 0 Å². The molecule has 0 saturated heterocycles. The first-order valence-electron chi connectivity index (χ1n) is 9.02. The van der Waals surface area contributed by atoms with Crippen LogP contribution < -0.4 is 5.73 Å². The summed E-state index contributed by atoms with van der Waals surface area (Å²) in [4.78, 5) is 11.4. The topological polar surface area (TPSA) is 85.5 Å². The molecule has 0 radical (unpaired) electrons. The standard InChI is InChI=1S/C20H20N6O/c1-13-4-5-14-6-7-25(11-15(14)9-13)12-16-10-22-20(21)26-19(16)23-18(24-26)17-3-2-8-27-17/h2-5,8-10H,6-7,11-12H2,1H3,(H2,21,22). The summed E-state index contributed by atoms with van der Waals surface area (Å²) in [7, 11) is 0. The van der Waals surface area contributed by atoms with Gasteiger partial charge in [0.25, 0.3) is 0 Å². The number of nitrogens with two attached hydrogens (primary N) is 1. The second kappa shape index (κ2) is 6.21. The molecule has 5 rings (SSSR count). The van der Waals surface area contributed by atoms with Gasteiger partial charge in [-0.05, 0) is 36.6 Å². The quantitative estimate of drug-likeness (QED) is 0.605. The molecule has 4 aromatic rings. The van der Waals surface area contributed by atoms with Crippen LogP contribution in [0.25, 0.3) is 17.2 Å². The van der Waals surface area contributed by atoms with E-state index in [1.165, 1.54) is 16.7 Å². The van der Waals surface area contributed by atoms with Crippen LogP contribution in [-0.4, -0.2) is 31.0 Å². The van der Waals surface area contributed by atoms with E-state index in [4.69, 9.17) is 10.2 Å². The van der Waals surface area contributed by atoms with Crippen molar-refractivity contribution in [2.45, 2.75) is 26.4 Å². The highest BCUT2D eigenvalue weighted by atomic mass is 16.3. The minimum absolute atomic E-state index is 0.318. The summed E-state index contributed by atoms with van der Waals surface area (Å²) in [6.07, 6.45) is 4.46. The zero-order valence-corrected chi connectivity index (χ0v) is 15.1. The molecule has 0 unspecified atom stereocenters. The second-order valence-corrected chi connectivity index (χ2v) is 7.02. The number of furan rings is 1. The minimum Gasteiger partial charge on any atom is -0.461 e. The van der Waals surface area contributed by atoms with Gasteiger partial charge in [0.15, 0.2) is 11.4 Å². The Balaban J connectivity index is 1.48. The highest BCUT2D eigenvalue weighted by molar-refractivity contribution is 5.57. The van der Waals surface area contributed by atoms with Crippen LogP contribution in [0, 0.1) is 6.92 Å². The Labute approximate surface area is 156 Å². The van der Waals surface area contributed by atoms with Crippen LogP contribution in [0.4, 0.5) is 5.95 Å². The van der Waals surface area contributed by atoms with Crippen LogP contribution in [0.2, 0.25) is 0 Å². The Bertz CT molecular complexity index is 1120. The van der Waals surface area contributed by atoms with Gasteiger partial charge >= 0.3 is 0 Å². The number of aromatic nitrogens is 4. The average molecular weight is 360 g/mol. The summed E-state index contributed by atoms with van der Waals surface area (Å²) in [6, 6.07) is 10.4. The lowest BCUT2D eigenvalue weighted by molar-refractivity contribution is 0.245. The van der Waals surface area contributed by atoms with Crippen molar-refractivity contribution < 1.29 is 4.42 Å². The van der Waals surface area contributed by atoms with Crippen molar-refractivity contribution in [1.82, 2.24) is 24.5 Å². The third-order valence-electron chi connectivity index (χ3n) is 5.05. The molecular weight excluding hydrogens is 340 g/mol. The number of aryl methyl sites for hydroxylation is 1. The van der Waals surface area contributed by atoms with Gasteiger partial charge in [-0.3, -0.25) is 4.90 Å². The third kappa shape index (κ3) is 2.86. The van der Waals surface area contributed by atoms with Gasteiger partial charge in [0.2, 0.25) is 11.8 Å². The maximum atomic E-state index is 6.01. The van der Waals surface area contributed by atoms with Gasteiger partial charge in [-0.15, -0.1) is 5.10 Å². The molecule has 7 heteroatoms. The maximum absolute atomic E-state index is 6.01. The predicted molar refractivity (Wildman–Crippen MR) is 102 cm³/mol. The SMILES string of the molecule is Cc1ccc2c(c1)CN(Cc1cnc(N)n3nc(-c4ccco4)nc13)CC2. The van der Waals surface area contributed by atoms with E-state index in [0.717, 1.165) is 37.3 Å². The van der Waals surface area contributed by atoms with E-state index in [1.807, 2.05) is 12.1 Å². The van der Waals surface area contributed by atoms with Gasteiger partial charge < -0.3 is 10.2 Å². The van der Waals surface area contributed by atoms with Crippen molar-refractivity contribution in [2.24, 2.45) is 0 Å². The first-order chi connectivity index (χ1) is 13.2. The van der Waals surface area contributed by atoms with Crippen molar-refractivity contribution in [3.63, 3.8) is 0 Å². The normalized spacial score (nSPS) is 14.6. The van der Waals surface area contributed by atoms with Gasteiger partial charge in [0, 0.05) is 31.4 Å². The van der Waals surface area contributed by atoms with Crippen molar-refractivity contribution in [1.29, 1.82) is 0 Å². The van der Waals surface area contributed by atoms with Crippen LogP contribution in [-0.2, 0) is 19.5 Å². The zero-order chi connectivity index (χ0) is 18.4. The number of hydrogen-bond acceptors (Lipinski definition) is 6. The van der Waals surface area contributed by atoms with Crippen LogP contribution >= 0.6 is 0 Å². The van der Waals surface area contributed by atoms with Gasteiger partial charge in [0.05, 0.1) is 6.26 Å².